The van der Waals surface area contributed by atoms with Crippen molar-refractivity contribution >= 4 is 12.1 Å². The Kier molecular flexibility index (Phi) is 7.44. The van der Waals surface area contributed by atoms with Gasteiger partial charge in [-0.25, -0.2) is 4.79 Å². The Morgan fingerprint density at radius 2 is 1.64 bits per heavy atom. The number of nitrogens with one attached hydrogen (secondary N) is 1. The van der Waals surface area contributed by atoms with Crippen LogP contribution in [0.1, 0.15) is 44.4 Å². The molecular weight excluding hydrogens is 358 g/mol. The molecule has 1 unspecified atom stereocenters. The highest BCUT2D eigenvalue weighted by atomic mass is 16.5. The van der Waals surface area contributed by atoms with Crippen LogP contribution in [0.15, 0.2) is 54.6 Å². The van der Waals surface area contributed by atoms with E-state index in [1.165, 1.54) is 7.11 Å². The molecule has 1 atom stereocenters. The highest BCUT2D eigenvalue weighted by Crippen LogP contribution is 2.23. The number of alkyl carbamates (subject to hydrolysis) is 1. The normalized spacial score (nSPS) is 12.0. The smallest absolute Gasteiger partial charge is 0.407 e. The second-order valence-electron chi connectivity index (χ2n) is 7.32. The van der Waals surface area contributed by atoms with E-state index in [0.717, 1.165) is 11.1 Å². The van der Waals surface area contributed by atoms with E-state index in [-0.39, 0.29) is 18.6 Å². The summed E-state index contributed by atoms with van der Waals surface area (Å²) in [6.07, 6.45) is -0.607. The Balaban J connectivity index is 2.04. The first kappa shape index (κ1) is 21.3. The quantitative estimate of drug-likeness (QED) is 0.716. The molecule has 0 fully saturated rings. The van der Waals surface area contributed by atoms with E-state index < -0.39 is 18.1 Å². The van der Waals surface area contributed by atoms with Crippen LogP contribution in [0.2, 0.25) is 0 Å². The minimum atomic E-state index is -0.604. The van der Waals surface area contributed by atoms with Crippen LogP contribution < -0.4 is 10.1 Å². The standard InChI is InChI=1S/C22H27NO5/c1-22(2,3)28-18-12-10-17(11-13-18)19(14-20(24)26-4)23-21(25)27-15-16-8-6-5-7-9-16/h5-13,19H,14-15H2,1-4H3,(H,23,25). The average molecular weight is 385 g/mol. The van der Waals surface area contributed by atoms with Gasteiger partial charge in [0.15, 0.2) is 0 Å². The zero-order chi connectivity index (χ0) is 20.6. The second-order valence-corrected chi connectivity index (χ2v) is 7.32. The van der Waals surface area contributed by atoms with Gasteiger partial charge in [0.05, 0.1) is 19.6 Å². The Labute approximate surface area is 165 Å². The van der Waals surface area contributed by atoms with Gasteiger partial charge in [-0.05, 0) is 44.0 Å². The molecule has 0 aliphatic rings. The summed E-state index contributed by atoms with van der Waals surface area (Å²) >= 11 is 0. The van der Waals surface area contributed by atoms with Gasteiger partial charge in [0.25, 0.3) is 0 Å². The zero-order valence-corrected chi connectivity index (χ0v) is 16.7. The fraction of sp³-hybridized carbons (Fsp3) is 0.364. The SMILES string of the molecule is COC(=O)CC(NC(=O)OCc1ccccc1)c1ccc(OC(C)(C)C)cc1. The number of rotatable bonds is 7. The second kappa shape index (κ2) is 9.78. The first-order valence-corrected chi connectivity index (χ1v) is 9.10. The number of ether oxygens (including phenoxy) is 3. The van der Waals surface area contributed by atoms with Gasteiger partial charge in [-0.15, -0.1) is 0 Å². The third kappa shape index (κ3) is 7.31. The van der Waals surface area contributed by atoms with Crippen molar-refractivity contribution in [1.82, 2.24) is 5.32 Å². The molecule has 0 bridgehead atoms. The maximum Gasteiger partial charge on any atom is 0.407 e. The van der Waals surface area contributed by atoms with Gasteiger partial charge in [0.2, 0.25) is 0 Å². The van der Waals surface area contributed by atoms with E-state index in [0.29, 0.717) is 5.75 Å². The number of hydrogen-bond acceptors (Lipinski definition) is 5. The van der Waals surface area contributed by atoms with Crippen molar-refractivity contribution in [3.63, 3.8) is 0 Å². The van der Waals surface area contributed by atoms with Crippen molar-refractivity contribution < 1.29 is 23.8 Å². The predicted molar refractivity (Wildman–Crippen MR) is 106 cm³/mol. The number of esters is 1. The van der Waals surface area contributed by atoms with E-state index in [4.69, 9.17) is 14.2 Å². The summed E-state index contributed by atoms with van der Waals surface area (Å²) in [5, 5.41) is 2.73. The lowest BCUT2D eigenvalue weighted by Gasteiger charge is -2.22. The minimum absolute atomic E-state index is 0.00356. The third-order valence-electron chi connectivity index (χ3n) is 3.81. The molecule has 1 amide bonds. The topological polar surface area (TPSA) is 73.9 Å². The maximum atomic E-state index is 12.2. The number of carbonyl (C=O) groups is 2. The van der Waals surface area contributed by atoms with E-state index in [1.54, 1.807) is 0 Å². The van der Waals surface area contributed by atoms with Gasteiger partial charge in [-0.2, -0.15) is 0 Å². The summed E-state index contributed by atoms with van der Waals surface area (Å²) in [7, 11) is 1.31. The number of amides is 1. The molecular formula is C22H27NO5. The van der Waals surface area contributed by atoms with Crippen molar-refractivity contribution in [2.75, 3.05) is 7.11 Å². The third-order valence-corrected chi connectivity index (χ3v) is 3.81. The van der Waals surface area contributed by atoms with E-state index in [2.05, 4.69) is 5.32 Å². The van der Waals surface area contributed by atoms with Gasteiger partial charge in [-0.1, -0.05) is 42.5 Å². The summed E-state index contributed by atoms with van der Waals surface area (Å²) in [6, 6.07) is 16.0. The van der Waals surface area contributed by atoms with Crippen molar-refractivity contribution in [3.05, 3.63) is 65.7 Å². The molecule has 2 aromatic rings. The molecule has 6 nitrogen and oxygen atoms in total. The molecule has 0 radical (unpaired) electrons. The molecule has 6 heteroatoms. The lowest BCUT2D eigenvalue weighted by Crippen LogP contribution is -2.31. The Hall–Kier alpha value is -3.02. The van der Waals surface area contributed by atoms with E-state index >= 15 is 0 Å². The van der Waals surface area contributed by atoms with Crippen LogP contribution in [0.3, 0.4) is 0 Å². The van der Waals surface area contributed by atoms with Gasteiger partial charge in [-0.3, -0.25) is 4.79 Å². The lowest BCUT2D eigenvalue weighted by molar-refractivity contribution is -0.141. The van der Waals surface area contributed by atoms with Gasteiger partial charge >= 0.3 is 12.1 Å². The molecule has 0 aromatic heterocycles. The number of benzene rings is 2. The summed E-state index contributed by atoms with van der Waals surface area (Å²) in [6.45, 7) is 6.04. The Bertz CT molecular complexity index is 766. The molecule has 150 valence electrons. The van der Waals surface area contributed by atoms with Crippen molar-refractivity contribution in [2.24, 2.45) is 0 Å². The van der Waals surface area contributed by atoms with E-state index in [9.17, 15) is 9.59 Å². The molecule has 1 N–H and O–H groups in total. The van der Waals surface area contributed by atoms with Crippen molar-refractivity contribution in [1.29, 1.82) is 0 Å². The number of methoxy groups -OCH3 is 1. The van der Waals surface area contributed by atoms with Gasteiger partial charge < -0.3 is 19.5 Å². The summed E-state index contributed by atoms with van der Waals surface area (Å²) in [4.78, 5) is 24.0. The van der Waals surface area contributed by atoms with Crippen LogP contribution >= 0.6 is 0 Å². The zero-order valence-electron chi connectivity index (χ0n) is 16.7. The predicted octanol–water partition coefficient (Wildman–Crippen LogP) is 4.39. The fourth-order valence-corrected chi connectivity index (χ4v) is 2.53. The first-order valence-electron chi connectivity index (χ1n) is 9.10. The molecule has 2 rings (SSSR count). The molecule has 0 heterocycles. The molecule has 28 heavy (non-hydrogen) atoms. The number of hydrogen-bond donors (Lipinski definition) is 1. The summed E-state index contributed by atoms with van der Waals surface area (Å²) in [5.41, 5.74) is 1.32. The van der Waals surface area contributed by atoms with Crippen molar-refractivity contribution in [2.45, 2.75) is 45.4 Å². The van der Waals surface area contributed by atoms with Crippen LogP contribution in [-0.4, -0.2) is 24.8 Å². The van der Waals surface area contributed by atoms with Gasteiger partial charge in [0.1, 0.15) is 18.0 Å². The van der Waals surface area contributed by atoms with Crippen LogP contribution in [0.4, 0.5) is 4.79 Å². The monoisotopic (exact) mass is 385 g/mol. The van der Waals surface area contributed by atoms with Crippen LogP contribution in [-0.2, 0) is 20.9 Å². The average Bonchev–Trinajstić information content (AvgIpc) is 2.66. The van der Waals surface area contributed by atoms with Gasteiger partial charge in [0, 0.05) is 0 Å². The molecule has 0 saturated heterocycles. The Morgan fingerprint density at radius 3 is 2.21 bits per heavy atom. The summed E-state index contributed by atoms with van der Waals surface area (Å²) in [5.74, 6) is 0.281. The molecule has 0 aliphatic heterocycles. The number of carbonyl (C=O) groups excluding carboxylic acids is 2. The van der Waals surface area contributed by atoms with E-state index in [1.807, 2.05) is 75.4 Å². The van der Waals surface area contributed by atoms with Crippen LogP contribution in [0.25, 0.3) is 0 Å². The molecule has 0 spiro atoms. The van der Waals surface area contributed by atoms with Crippen molar-refractivity contribution in [3.8, 4) is 5.75 Å². The highest BCUT2D eigenvalue weighted by Gasteiger charge is 2.20. The minimum Gasteiger partial charge on any atom is -0.488 e. The van der Waals surface area contributed by atoms with Crippen LogP contribution in [0, 0.1) is 0 Å². The lowest BCUT2D eigenvalue weighted by atomic mass is 10.0. The molecule has 0 saturated carbocycles. The Morgan fingerprint density at radius 1 is 1.00 bits per heavy atom. The fourth-order valence-electron chi connectivity index (χ4n) is 2.53. The van der Waals surface area contributed by atoms with Crippen LogP contribution in [0.5, 0.6) is 5.75 Å². The maximum absolute atomic E-state index is 12.2. The first-order chi connectivity index (χ1) is 13.3. The molecule has 0 aliphatic carbocycles. The highest BCUT2D eigenvalue weighted by molar-refractivity contribution is 5.73. The molecule has 2 aromatic carbocycles. The summed E-state index contributed by atoms with van der Waals surface area (Å²) < 4.78 is 15.8. The largest absolute Gasteiger partial charge is 0.488 e.